The molecule has 0 radical (unpaired) electrons. The second-order valence-corrected chi connectivity index (χ2v) is 5.25. The van der Waals surface area contributed by atoms with E-state index in [0.29, 0.717) is 6.54 Å². The van der Waals surface area contributed by atoms with Gasteiger partial charge >= 0.3 is 0 Å². The Kier molecular flexibility index (Phi) is 5.11. The Balaban J connectivity index is 2.54. The van der Waals surface area contributed by atoms with Gasteiger partial charge in [0.25, 0.3) is 0 Å². The summed E-state index contributed by atoms with van der Waals surface area (Å²) >= 11 is 0. The maximum Gasteiger partial charge on any atom is 0.241 e. The summed E-state index contributed by atoms with van der Waals surface area (Å²) in [6, 6.07) is 7.95. The van der Waals surface area contributed by atoms with Crippen molar-refractivity contribution < 1.29 is 13.2 Å². The molecule has 0 heterocycles. The summed E-state index contributed by atoms with van der Waals surface area (Å²) in [4.78, 5) is 11.4. The summed E-state index contributed by atoms with van der Waals surface area (Å²) in [6.07, 6.45) is 0.817. The zero-order chi connectivity index (χ0) is 12.7. The molecule has 0 aliphatic rings. The molecule has 94 valence electrons. The van der Waals surface area contributed by atoms with Gasteiger partial charge in [0.1, 0.15) is 0 Å². The smallest absolute Gasteiger partial charge is 0.241 e. The molecule has 0 unspecified atom stereocenters. The molecule has 1 amide bonds. The zero-order valence-electron chi connectivity index (χ0n) is 9.64. The van der Waals surface area contributed by atoms with Crippen LogP contribution in [0.15, 0.2) is 35.2 Å². The number of nitrogens with one attached hydrogen (secondary N) is 2. The van der Waals surface area contributed by atoms with Crippen LogP contribution < -0.4 is 10.0 Å². The van der Waals surface area contributed by atoms with Crippen molar-refractivity contribution in [2.75, 3.05) is 13.1 Å². The molecule has 17 heavy (non-hydrogen) atoms. The lowest BCUT2D eigenvalue weighted by Crippen LogP contribution is -2.37. The Morgan fingerprint density at radius 2 is 1.88 bits per heavy atom. The highest BCUT2D eigenvalue weighted by molar-refractivity contribution is 7.89. The van der Waals surface area contributed by atoms with E-state index in [1.54, 1.807) is 18.2 Å². The molecule has 0 saturated heterocycles. The predicted octanol–water partition coefficient (Wildman–Crippen LogP) is 0.491. The normalized spacial score (nSPS) is 11.1. The van der Waals surface area contributed by atoms with Crippen LogP contribution in [0.3, 0.4) is 0 Å². The van der Waals surface area contributed by atoms with E-state index in [1.807, 2.05) is 6.92 Å². The second kappa shape index (κ2) is 6.36. The molecule has 0 atom stereocenters. The van der Waals surface area contributed by atoms with Crippen LogP contribution in [0.5, 0.6) is 0 Å². The second-order valence-electron chi connectivity index (χ2n) is 3.49. The minimum Gasteiger partial charge on any atom is -0.355 e. The van der Waals surface area contributed by atoms with Gasteiger partial charge in [-0.3, -0.25) is 4.79 Å². The molecule has 0 fully saturated rings. The Morgan fingerprint density at radius 1 is 1.24 bits per heavy atom. The van der Waals surface area contributed by atoms with Gasteiger partial charge in [0.05, 0.1) is 11.4 Å². The topological polar surface area (TPSA) is 75.3 Å². The van der Waals surface area contributed by atoms with E-state index in [9.17, 15) is 13.2 Å². The zero-order valence-corrected chi connectivity index (χ0v) is 10.5. The van der Waals surface area contributed by atoms with Crippen molar-refractivity contribution >= 4 is 15.9 Å². The van der Waals surface area contributed by atoms with Gasteiger partial charge in [-0.2, -0.15) is 0 Å². The Labute approximate surface area is 101 Å². The lowest BCUT2D eigenvalue weighted by Gasteiger charge is -2.06. The molecule has 0 saturated carbocycles. The monoisotopic (exact) mass is 256 g/mol. The summed E-state index contributed by atoms with van der Waals surface area (Å²) < 4.78 is 25.7. The maximum atomic E-state index is 11.7. The van der Waals surface area contributed by atoms with Crippen molar-refractivity contribution in [2.24, 2.45) is 0 Å². The van der Waals surface area contributed by atoms with E-state index >= 15 is 0 Å². The standard InChI is InChI=1S/C11H16N2O3S/c1-2-8-12-11(14)9-13-17(15,16)10-6-4-3-5-7-10/h3-7,13H,2,8-9H2,1H3,(H,12,14). The van der Waals surface area contributed by atoms with E-state index in [-0.39, 0.29) is 17.3 Å². The van der Waals surface area contributed by atoms with Crippen LogP contribution in [0.4, 0.5) is 0 Å². The van der Waals surface area contributed by atoms with Gasteiger partial charge in [-0.05, 0) is 18.6 Å². The van der Waals surface area contributed by atoms with Crippen molar-refractivity contribution in [1.82, 2.24) is 10.0 Å². The quantitative estimate of drug-likeness (QED) is 0.778. The van der Waals surface area contributed by atoms with E-state index in [2.05, 4.69) is 10.0 Å². The Morgan fingerprint density at radius 3 is 2.47 bits per heavy atom. The number of benzene rings is 1. The molecule has 2 N–H and O–H groups in total. The molecule has 0 aliphatic heterocycles. The molecule has 1 aromatic carbocycles. The van der Waals surface area contributed by atoms with Crippen LogP contribution in [0.25, 0.3) is 0 Å². The predicted molar refractivity (Wildman–Crippen MR) is 64.9 cm³/mol. The van der Waals surface area contributed by atoms with Gasteiger partial charge in [0.2, 0.25) is 15.9 Å². The van der Waals surface area contributed by atoms with Gasteiger partial charge in [-0.25, -0.2) is 13.1 Å². The number of rotatable bonds is 6. The molecular formula is C11H16N2O3S. The summed E-state index contributed by atoms with van der Waals surface area (Å²) in [5, 5.41) is 2.59. The molecule has 0 aromatic heterocycles. The molecule has 5 nitrogen and oxygen atoms in total. The lowest BCUT2D eigenvalue weighted by molar-refractivity contribution is -0.119. The van der Waals surface area contributed by atoms with Gasteiger partial charge in [0, 0.05) is 6.54 Å². The van der Waals surface area contributed by atoms with Crippen LogP contribution in [0.2, 0.25) is 0 Å². The van der Waals surface area contributed by atoms with Gasteiger partial charge in [-0.1, -0.05) is 25.1 Å². The summed E-state index contributed by atoms with van der Waals surface area (Å²) in [5.41, 5.74) is 0. The highest BCUT2D eigenvalue weighted by Gasteiger charge is 2.14. The lowest BCUT2D eigenvalue weighted by atomic mass is 10.4. The average molecular weight is 256 g/mol. The van der Waals surface area contributed by atoms with Crippen LogP contribution in [0.1, 0.15) is 13.3 Å². The van der Waals surface area contributed by atoms with Crippen molar-refractivity contribution in [1.29, 1.82) is 0 Å². The Bertz CT molecular complexity index is 457. The summed E-state index contributed by atoms with van der Waals surface area (Å²) in [7, 11) is -3.59. The van der Waals surface area contributed by atoms with Crippen LogP contribution in [-0.2, 0) is 14.8 Å². The minimum absolute atomic E-state index is 0.156. The number of amides is 1. The van der Waals surface area contributed by atoms with E-state index in [4.69, 9.17) is 0 Å². The first-order valence-corrected chi connectivity index (χ1v) is 6.86. The number of sulfonamides is 1. The van der Waals surface area contributed by atoms with Crippen molar-refractivity contribution in [3.8, 4) is 0 Å². The fourth-order valence-corrected chi connectivity index (χ4v) is 2.17. The first-order chi connectivity index (χ1) is 8.06. The molecule has 0 spiro atoms. The fourth-order valence-electron chi connectivity index (χ4n) is 1.17. The number of hydrogen-bond donors (Lipinski definition) is 2. The molecular weight excluding hydrogens is 240 g/mol. The van der Waals surface area contributed by atoms with Crippen molar-refractivity contribution in [3.05, 3.63) is 30.3 Å². The van der Waals surface area contributed by atoms with Gasteiger partial charge < -0.3 is 5.32 Å². The fraction of sp³-hybridized carbons (Fsp3) is 0.364. The summed E-state index contributed by atoms with van der Waals surface area (Å²) in [5.74, 6) is -0.327. The largest absolute Gasteiger partial charge is 0.355 e. The summed E-state index contributed by atoms with van der Waals surface area (Å²) in [6.45, 7) is 2.23. The highest BCUT2D eigenvalue weighted by Crippen LogP contribution is 2.06. The van der Waals surface area contributed by atoms with Crippen LogP contribution >= 0.6 is 0 Å². The van der Waals surface area contributed by atoms with Crippen LogP contribution in [-0.4, -0.2) is 27.4 Å². The van der Waals surface area contributed by atoms with E-state index < -0.39 is 10.0 Å². The molecule has 1 aromatic rings. The molecule has 6 heteroatoms. The molecule has 0 aliphatic carbocycles. The van der Waals surface area contributed by atoms with Crippen LogP contribution in [0, 0.1) is 0 Å². The first kappa shape index (κ1) is 13.7. The SMILES string of the molecule is CCCNC(=O)CNS(=O)(=O)c1ccccc1. The van der Waals surface area contributed by atoms with Crippen molar-refractivity contribution in [3.63, 3.8) is 0 Å². The molecule has 0 bridgehead atoms. The molecule has 1 rings (SSSR count). The third kappa shape index (κ3) is 4.54. The first-order valence-electron chi connectivity index (χ1n) is 5.37. The highest BCUT2D eigenvalue weighted by atomic mass is 32.2. The minimum atomic E-state index is -3.59. The Hall–Kier alpha value is -1.40. The number of carbonyl (C=O) groups is 1. The third-order valence-electron chi connectivity index (χ3n) is 2.05. The van der Waals surface area contributed by atoms with Crippen molar-refractivity contribution in [2.45, 2.75) is 18.2 Å². The third-order valence-corrected chi connectivity index (χ3v) is 3.47. The maximum absolute atomic E-state index is 11.7. The number of carbonyl (C=O) groups excluding carboxylic acids is 1. The number of hydrogen-bond acceptors (Lipinski definition) is 3. The van der Waals surface area contributed by atoms with E-state index in [0.717, 1.165) is 6.42 Å². The average Bonchev–Trinajstić information content (AvgIpc) is 2.35. The van der Waals surface area contributed by atoms with Gasteiger partial charge in [-0.15, -0.1) is 0 Å². The van der Waals surface area contributed by atoms with E-state index in [1.165, 1.54) is 12.1 Å². The van der Waals surface area contributed by atoms with Gasteiger partial charge in [0.15, 0.2) is 0 Å².